The zero-order chi connectivity index (χ0) is 10.6. The van der Waals surface area contributed by atoms with Gasteiger partial charge in [-0.2, -0.15) is 0 Å². The number of benzene rings is 1. The van der Waals surface area contributed by atoms with Crippen LogP contribution in [0.5, 0.6) is 0 Å². The van der Waals surface area contributed by atoms with Gasteiger partial charge in [0.15, 0.2) is 0 Å². The van der Waals surface area contributed by atoms with E-state index in [9.17, 15) is 9.59 Å². The number of amides is 2. The second-order valence-electron chi connectivity index (χ2n) is 3.89. The fourth-order valence-electron chi connectivity index (χ4n) is 2.09. The second-order valence-corrected chi connectivity index (χ2v) is 3.89. The van der Waals surface area contributed by atoms with Gasteiger partial charge in [0.25, 0.3) is 11.8 Å². The van der Waals surface area contributed by atoms with Crippen molar-refractivity contribution in [1.29, 1.82) is 0 Å². The van der Waals surface area contributed by atoms with Gasteiger partial charge in [-0.1, -0.05) is 12.1 Å². The lowest BCUT2D eigenvalue weighted by Crippen LogP contribution is -2.32. The van der Waals surface area contributed by atoms with E-state index in [4.69, 9.17) is 0 Å². The van der Waals surface area contributed by atoms with E-state index in [0.717, 1.165) is 5.56 Å². The molecule has 1 aromatic rings. The van der Waals surface area contributed by atoms with E-state index in [1.54, 1.807) is 6.92 Å². The Kier molecular flexibility index (Phi) is 1.44. The summed E-state index contributed by atoms with van der Waals surface area (Å²) in [4.78, 5) is 25.0. The van der Waals surface area contributed by atoms with Gasteiger partial charge >= 0.3 is 0 Å². The summed E-state index contributed by atoms with van der Waals surface area (Å²) >= 11 is 0. The quantitative estimate of drug-likeness (QED) is 0.593. The van der Waals surface area contributed by atoms with Crippen LogP contribution in [0.2, 0.25) is 0 Å². The van der Waals surface area contributed by atoms with Crippen molar-refractivity contribution in [2.24, 2.45) is 0 Å². The van der Waals surface area contributed by atoms with Crippen molar-refractivity contribution in [3.8, 4) is 0 Å². The van der Waals surface area contributed by atoms with Gasteiger partial charge in [-0.05, 0) is 24.6 Å². The normalized spacial score (nSPS) is 18.6. The van der Waals surface area contributed by atoms with Crippen LogP contribution < -0.4 is 4.90 Å². The average Bonchev–Trinajstić information content (AvgIpc) is 2.47. The summed E-state index contributed by atoms with van der Waals surface area (Å²) in [5.41, 5.74) is 2.97. The van der Waals surface area contributed by atoms with Crippen LogP contribution in [0, 0.1) is 0 Å². The molecule has 3 heteroatoms. The third-order valence-corrected chi connectivity index (χ3v) is 3.01. The zero-order valence-corrected chi connectivity index (χ0v) is 8.28. The van der Waals surface area contributed by atoms with E-state index in [-0.39, 0.29) is 11.8 Å². The van der Waals surface area contributed by atoms with E-state index in [0.29, 0.717) is 23.3 Å². The standard InChI is InChI=1S/C12H9NO2/c1-7-10-6-8-2-4-9(5-3-8)13(11(7)14)12(10)15/h2-5H,6H2,1H3. The molecule has 4 bridgehead atoms. The number of imide groups is 1. The molecule has 0 unspecified atom stereocenters. The molecule has 3 heterocycles. The molecule has 0 aliphatic carbocycles. The molecule has 1 aromatic carbocycles. The third kappa shape index (κ3) is 0.947. The average molecular weight is 199 g/mol. The molecular weight excluding hydrogens is 190 g/mol. The monoisotopic (exact) mass is 199 g/mol. The Morgan fingerprint density at radius 3 is 2.40 bits per heavy atom. The van der Waals surface area contributed by atoms with Crippen molar-refractivity contribution in [2.45, 2.75) is 13.3 Å². The highest BCUT2D eigenvalue weighted by atomic mass is 16.2. The molecule has 74 valence electrons. The molecule has 3 aliphatic rings. The minimum Gasteiger partial charge on any atom is -0.269 e. The zero-order valence-electron chi connectivity index (χ0n) is 8.28. The first-order valence-corrected chi connectivity index (χ1v) is 4.86. The molecule has 15 heavy (non-hydrogen) atoms. The molecule has 0 aromatic heterocycles. The van der Waals surface area contributed by atoms with E-state index < -0.39 is 0 Å². The van der Waals surface area contributed by atoms with Crippen LogP contribution in [0.15, 0.2) is 35.4 Å². The predicted molar refractivity (Wildman–Crippen MR) is 55.3 cm³/mol. The van der Waals surface area contributed by atoms with Crippen molar-refractivity contribution < 1.29 is 9.59 Å². The molecule has 2 amide bonds. The number of fused-ring (bicyclic) bond motifs is 2. The van der Waals surface area contributed by atoms with Gasteiger partial charge in [-0.25, -0.2) is 4.90 Å². The third-order valence-electron chi connectivity index (χ3n) is 3.01. The number of carbonyl (C=O) groups excluding carboxylic acids is 2. The molecule has 0 radical (unpaired) electrons. The lowest BCUT2D eigenvalue weighted by molar-refractivity contribution is -0.120. The van der Waals surface area contributed by atoms with Crippen LogP contribution in [0.4, 0.5) is 5.69 Å². The Morgan fingerprint density at radius 2 is 1.73 bits per heavy atom. The molecule has 0 spiro atoms. The molecule has 0 fully saturated rings. The first-order valence-electron chi connectivity index (χ1n) is 4.86. The number of nitrogens with zero attached hydrogens (tertiary/aromatic N) is 1. The van der Waals surface area contributed by atoms with Crippen molar-refractivity contribution in [1.82, 2.24) is 0 Å². The van der Waals surface area contributed by atoms with Crippen LogP contribution in [0.3, 0.4) is 0 Å². The predicted octanol–water partition coefficient (Wildman–Crippen LogP) is 1.43. The number of rotatable bonds is 0. The summed E-state index contributed by atoms with van der Waals surface area (Å²) in [5, 5.41) is 0. The van der Waals surface area contributed by atoms with Crippen molar-refractivity contribution in [3.63, 3.8) is 0 Å². The van der Waals surface area contributed by atoms with Gasteiger partial charge in [-0.3, -0.25) is 9.59 Å². The molecule has 0 saturated heterocycles. The molecule has 0 N–H and O–H groups in total. The van der Waals surface area contributed by atoms with E-state index >= 15 is 0 Å². The number of hydrogen-bond acceptors (Lipinski definition) is 2. The molecule has 4 rings (SSSR count). The highest BCUT2D eigenvalue weighted by molar-refractivity contribution is 6.33. The number of hydrogen-bond donors (Lipinski definition) is 0. The molecule has 3 aliphatic heterocycles. The fourth-order valence-corrected chi connectivity index (χ4v) is 2.09. The summed E-state index contributed by atoms with van der Waals surface area (Å²) in [6.07, 6.45) is 0.563. The maximum atomic E-state index is 11.9. The highest BCUT2D eigenvalue weighted by Gasteiger charge is 2.37. The lowest BCUT2D eigenvalue weighted by Gasteiger charge is -2.17. The Morgan fingerprint density at radius 1 is 1.07 bits per heavy atom. The van der Waals surface area contributed by atoms with Crippen molar-refractivity contribution >= 4 is 17.5 Å². The smallest absolute Gasteiger partial charge is 0.262 e. The Balaban J connectivity index is 2.32. The maximum absolute atomic E-state index is 11.9. The Labute approximate surface area is 87.0 Å². The summed E-state index contributed by atoms with van der Waals surface area (Å²) in [6.45, 7) is 1.72. The van der Waals surface area contributed by atoms with Gasteiger partial charge in [-0.15, -0.1) is 0 Å². The molecular formula is C12H9NO2. The topological polar surface area (TPSA) is 37.4 Å². The summed E-state index contributed by atoms with van der Waals surface area (Å²) in [6, 6.07) is 7.56. The van der Waals surface area contributed by atoms with Crippen LogP contribution in [0.25, 0.3) is 0 Å². The van der Waals surface area contributed by atoms with Gasteiger partial charge < -0.3 is 0 Å². The Bertz CT molecular complexity index is 511. The SMILES string of the molecule is CC1=C2Cc3ccc(cc3)N(C1=O)C2=O. The van der Waals surface area contributed by atoms with Crippen LogP contribution >= 0.6 is 0 Å². The van der Waals surface area contributed by atoms with Crippen LogP contribution in [-0.4, -0.2) is 11.8 Å². The first-order chi connectivity index (χ1) is 7.18. The molecule has 0 atom stereocenters. The Hall–Kier alpha value is -1.90. The summed E-state index contributed by atoms with van der Waals surface area (Å²) < 4.78 is 0. The summed E-state index contributed by atoms with van der Waals surface area (Å²) in [7, 11) is 0. The fraction of sp³-hybridized carbons (Fsp3) is 0.167. The minimum absolute atomic E-state index is 0.154. The maximum Gasteiger partial charge on any atom is 0.262 e. The van der Waals surface area contributed by atoms with E-state index in [1.165, 1.54) is 4.90 Å². The minimum atomic E-state index is -0.178. The first kappa shape index (κ1) is 8.41. The van der Waals surface area contributed by atoms with Gasteiger partial charge in [0.1, 0.15) is 0 Å². The summed E-state index contributed by atoms with van der Waals surface area (Å²) in [5.74, 6) is -0.332. The van der Waals surface area contributed by atoms with Crippen LogP contribution in [-0.2, 0) is 16.0 Å². The van der Waals surface area contributed by atoms with Gasteiger partial charge in [0.2, 0.25) is 0 Å². The van der Waals surface area contributed by atoms with Crippen LogP contribution in [0.1, 0.15) is 12.5 Å². The largest absolute Gasteiger partial charge is 0.269 e. The second kappa shape index (κ2) is 2.57. The number of anilines is 1. The van der Waals surface area contributed by atoms with Crippen molar-refractivity contribution in [2.75, 3.05) is 4.90 Å². The lowest BCUT2D eigenvalue weighted by atomic mass is 10.0. The molecule has 0 saturated carbocycles. The van der Waals surface area contributed by atoms with Crippen molar-refractivity contribution in [3.05, 3.63) is 41.0 Å². The highest BCUT2D eigenvalue weighted by Crippen LogP contribution is 2.31. The van der Waals surface area contributed by atoms with Gasteiger partial charge in [0.05, 0.1) is 5.69 Å². The van der Waals surface area contributed by atoms with E-state index in [2.05, 4.69) is 0 Å². The molecule has 3 nitrogen and oxygen atoms in total. The van der Waals surface area contributed by atoms with Gasteiger partial charge in [0, 0.05) is 17.6 Å². The number of carbonyl (C=O) groups is 2. The van der Waals surface area contributed by atoms with E-state index in [1.807, 2.05) is 24.3 Å².